The van der Waals surface area contributed by atoms with Crippen molar-refractivity contribution in [1.29, 1.82) is 0 Å². The van der Waals surface area contributed by atoms with Crippen LogP contribution < -0.4 is 19.5 Å². The maximum absolute atomic E-state index is 12.5. The Kier molecular flexibility index (Phi) is 6.58. The molecule has 0 fully saturated rings. The van der Waals surface area contributed by atoms with E-state index in [0.717, 1.165) is 0 Å². The van der Waals surface area contributed by atoms with Crippen molar-refractivity contribution in [3.8, 4) is 17.2 Å². The number of rotatable bonds is 7. The van der Waals surface area contributed by atoms with Crippen LogP contribution >= 0.6 is 11.6 Å². The predicted octanol–water partition coefficient (Wildman–Crippen LogP) is 3.95. The summed E-state index contributed by atoms with van der Waals surface area (Å²) < 4.78 is 17.6. The Morgan fingerprint density at radius 3 is 2.50 bits per heavy atom. The molecule has 3 aromatic rings. The first-order valence-corrected chi connectivity index (χ1v) is 9.41. The summed E-state index contributed by atoms with van der Waals surface area (Å²) in [6.07, 6.45) is 3.09. The summed E-state index contributed by atoms with van der Waals surface area (Å²) in [7, 11) is 3.19. The van der Waals surface area contributed by atoms with Gasteiger partial charge in [-0.05, 0) is 43.3 Å². The average Bonchev–Trinajstić information content (AvgIpc) is 3.17. The van der Waals surface area contributed by atoms with Gasteiger partial charge in [-0.2, -0.15) is 5.10 Å². The number of nitrogens with one attached hydrogen (secondary N) is 1. The molecule has 0 aliphatic rings. The molecule has 0 unspecified atom stereocenters. The van der Waals surface area contributed by atoms with Gasteiger partial charge >= 0.3 is 5.97 Å². The third-order valence-electron chi connectivity index (χ3n) is 4.04. The zero-order valence-corrected chi connectivity index (χ0v) is 17.4. The van der Waals surface area contributed by atoms with Crippen molar-refractivity contribution in [2.75, 3.05) is 19.0 Å². The number of anilines is 1. The van der Waals surface area contributed by atoms with Crippen molar-refractivity contribution in [3.05, 3.63) is 64.9 Å². The summed E-state index contributed by atoms with van der Waals surface area (Å²) in [4.78, 5) is 24.7. The number of benzene rings is 2. The van der Waals surface area contributed by atoms with E-state index < -0.39 is 5.97 Å². The van der Waals surface area contributed by atoms with Gasteiger partial charge in [-0.15, -0.1) is 0 Å². The number of methoxy groups -OCH3 is 1. The van der Waals surface area contributed by atoms with Crippen molar-refractivity contribution >= 4 is 29.2 Å². The minimum atomic E-state index is -0.606. The summed E-state index contributed by atoms with van der Waals surface area (Å²) in [6, 6.07) is 9.36. The van der Waals surface area contributed by atoms with Crippen molar-refractivity contribution in [2.45, 2.75) is 6.92 Å². The second kappa shape index (κ2) is 9.32. The number of aromatic nitrogens is 2. The number of esters is 1. The van der Waals surface area contributed by atoms with Crippen LogP contribution in [0, 0.1) is 0 Å². The first kappa shape index (κ1) is 21.2. The number of nitrogens with zero attached hydrogens (tertiary/aromatic N) is 2. The molecule has 8 nitrogen and oxygen atoms in total. The van der Waals surface area contributed by atoms with E-state index in [1.54, 1.807) is 42.2 Å². The highest BCUT2D eigenvalue weighted by Gasteiger charge is 2.17. The number of hydrogen-bond acceptors (Lipinski definition) is 6. The van der Waals surface area contributed by atoms with E-state index in [1.807, 2.05) is 6.92 Å². The lowest BCUT2D eigenvalue weighted by molar-refractivity contribution is 0.0734. The fourth-order valence-electron chi connectivity index (χ4n) is 2.64. The average molecular weight is 430 g/mol. The van der Waals surface area contributed by atoms with Crippen LogP contribution in [-0.4, -0.2) is 35.4 Å². The molecule has 0 saturated carbocycles. The van der Waals surface area contributed by atoms with Crippen LogP contribution in [0.2, 0.25) is 5.02 Å². The fourth-order valence-corrected chi connectivity index (χ4v) is 2.90. The second-order valence-corrected chi connectivity index (χ2v) is 6.60. The van der Waals surface area contributed by atoms with Crippen LogP contribution in [0.4, 0.5) is 5.69 Å². The number of amides is 1. The van der Waals surface area contributed by atoms with Gasteiger partial charge in [0, 0.05) is 18.9 Å². The zero-order chi connectivity index (χ0) is 21.7. The third kappa shape index (κ3) is 4.90. The number of carbonyl (C=O) groups is 2. The van der Waals surface area contributed by atoms with E-state index in [-0.39, 0.29) is 16.5 Å². The lowest BCUT2D eigenvalue weighted by Gasteiger charge is -2.13. The molecule has 0 saturated heterocycles. The molecule has 30 heavy (non-hydrogen) atoms. The maximum atomic E-state index is 12.5. The van der Waals surface area contributed by atoms with Crippen molar-refractivity contribution < 1.29 is 23.8 Å². The van der Waals surface area contributed by atoms with Gasteiger partial charge < -0.3 is 19.5 Å². The highest BCUT2D eigenvalue weighted by atomic mass is 35.5. The van der Waals surface area contributed by atoms with Crippen molar-refractivity contribution in [3.63, 3.8) is 0 Å². The van der Waals surface area contributed by atoms with E-state index in [2.05, 4.69) is 10.4 Å². The van der Waals surface area contributed by atoms with Crippen LogP contribution in [0.15, 0.2) is 48.8 Å². The number of halogens is 1. The monoisotopic (exact) mass is 429 g/mol. The van der Waals surface area contributed by atoms with Gasteiger partial charge in [-0.3, -0.25) is 9.48 Å². The molecule has 0 spiro atoms. The van der Waals surface area contributed by atoms with Gasteiger partial charge in [0.05, 0.1) is 36.1 Å². The van der Waals surface area contributed by atoms with E-state index >= 15 is 0 Å². The molecule has 1 aromatic heterocycles. The molecule has 1 amide bonds. The largest absolute Gasteiger partial charge is 0.493 e. The number of carbonyl (C=O) groups excluding carboxylic acids is 2. The molecule has 3 rings (SSSR count). The molecule has 0 bridgehead atoms. The number of ether oxygens (including phenoxy) is 3. The molecular formula is C21H20ClN3O5. The lowest BCUT2D eigenvalue weighted by atomic mass is 10.2. The van der Waals surface area contributed by atoms with Crippen LogP contribution in [0.25, 0.3) is 0 Å². The predicted molar refractivity (Wildman–Crippen MR) is 112 cm³/mol. The quantitative estimate of drug-likeness (QED) is 0.451. The van der Waals surface area contributed by atoms with Crippen molar-refractivity contribution in [2.24, 2.45) is 7.05 Å². The SMILES string of the molecule is CCOc1c(Cl)cc(C(=O)Oc2ccc(NC(=O)c3cnn(C)c3)cc2)cc1OC. The van der Waals surface area contributed by atoms with Crippen LogP contribution in [0.5, 0.6) is 17.2 Å². The lowest BCUT2D eigenvalue weighted by Crippen LogP contribution is -2.11. The Morgan fingerprint density at radius 2 is 1.90 bits per heavy atom. The molecule has 0 atom stereocenters. The Morgan fingerprint density at radius 1 is 1.17 bits per heavy atom. The number of aryl methyl sites for hydroxylation is 1. The fraction of sp³-hybridized carbons (Fsp3) is 0.190. The molecule has 0 aliphatic heterocycles. The summed E-state index contributed by atoms with van der Waals surface area (Å²) in [5, 5.41) is 6.95. The Hall–Kier alpha value is -3.52. The second-order valence-electron chi connectivity index (χ2n) is 6.19. The summed E-state index contributed by atoms with van der Waals surface area (Å²) >= 11 is 6.20. The normalized spacial score (nSPS) is 10.4. The molecule has 1 N–H and O–H groups in total. The Balaban J connectivity index is 1.68. The molecule has 0 aliphatic carbocycles. The van der Waals surface area contributed by atoms with E-state index in [1.165, 1.54) is 25.4 Å². The van der Waals surface area contributed by atoms with Gasteiger partial charge in [-0.25, -0.2) is 4.79 Å². The standard InChI is InChI=1S/C21H20ClN3O5/c1-4-29-19-17(22)9-13(10-18(19)28-3)21(27)30-16-7-5-15(6-8-16)24-20(26)14-11-23-25(2)12-14/h5-12H,4H2,1-3H3,(H,24,26). The van der Waals surface area contributed by atoms with Crippen molar-refractivity contribution in [1.82, 2.24) is 9.78 Å². The van der Waals surface area contributed by atoms with Gasteiger partial charge in [-0.1, -0.05) is 11.6 Å². The maximum Gasteiger partial charge on any atom is 0.343 e. The highest BCUT2D eigenvalue weighted by molar-refractivity contribution is 6.32. The van der Waals surface area contributed by atoms with E-state index in [0.29, 0.717) is 35.1 Å². The molecule has 0 radical (unpaired) electrons. The van der Waals surface area contributed by atoms with E-state index in [4.69, 9.17) is 25.8 Å². The topological polar surface area (TPSA) is 91.7 Å². The van der Waals surface area contributed by atoms with Gasteiger partial charge in [0.1, 0.15) is 5.75 Å². The summed E-state index contributed by atoms with van der Waals surface area (Å²) in [6.45, 7) is 2.23. The van der Waals surface area contributed by atoms with Crippen LogP contribution in [0.3, 0.4) is 0 Å². The van der Waals surface area contributed by atoms with Gasteiger partial charge in [0.25, 0.3) is 5.91 Å². The molecule has 2 aromatic carbocycles. The first-order chi connectivity index (χ1) is 14.4. The third-order valence-corrected chi connectivity index (χ3v) is 4.32. The van der Waals surface area contributed by atoms with E-state index in [9.17, 15) is 9.59 Å². The minimum absolute atomic E-state index is 0.217. The molecule has 1 heterocycles. The number of hydrogen-bond donors (Lipinski definition) is 1. The summed E-state index contributed by atoms with van der Waals surface area (Å²) in [5.41, 5.74) is 1.21. The zero-order valence-electron chi connectivity index (χ0n) is 16.6. The van der Waals surface area contributed by atoms with Gasteiger partial charge in [0.15, 0.2) is 11.5 Å². The molecule has 9 heteroatoms. The van der Waals surface area contributed by atoms with Crippen LogP contribution in [-0.2, 0) is 7.05 Å². The molecule has 156 valence electrons. The Labute approximate surface area is 178 Å². The Bertz CT molecular complexity index is 1060. The highest BCUT2D eigenvalue weighted by Crippen LogP contribution is 2.36. The minimum Gasteiger partial charge on any atom is -0.493 e. The first-order valence-electron chi connectivity index (χ1n) is 9.03. The smallest absolute Gasteiger partial charge is 0.343 e. The van der Waals surface area contributed by atoms with Gasteiger partial charge in [0.2, 0.25) is 0 Å². The summed E-state index contributed by atoms with van der Waals surface area (Å²) in [5.74, 6) is 0.120. The van der Waals surface area contributed by atoms with Crippen LogP contribution in [0.1, 0.15) is 27.6 Å². The molecular weight excluding hydrogens is 410 g/mol.